The minimum absolute atomic E-state index is 0.134. The van der Waals surface area contributed by atoms with E-state index < -0.39 is 5.60 Å². The number of rotatable bonds is 6. The van der Waals surface area contributed by atoms with Crippen LogP contribution < -0.4 is 5.32 Å². The summed E-state index contributed by atoms with van der Waals surface area (Å²) in [6, 6.07) is 9.27. The number of likely N-dealkylation sites (N-methyl/N-ethyl adjacent to an activating group) is 1. The number of carbonyl (C=O) groups excluding carboxylic acids is 1. The Morgan fingerprint density at radius 2 is 2.00 bits per heavy atom. The van der Waals surface area contributed by atoms with Crippen LogP contribution in [0.25, 0.3) is 0 Å². The van der Waals surface area contributed by atoms with Crippen molar-refractivity contribution >= 4 is 11.6 Å². The molecule has 1 amide bonds. The van der Waals surface area contributed by atoms with Crippen LogP contribution in [0.1, 0.15) is 19.4 Å². The zero-order valence-electron chi connectivity index (χ0n) is 12.2. The molecule has 5 nitrogen and oxygen atoms in total. The lowest BCUT2D eigenvalue weighted by Crippen LogP contribution is -2.40. The molecule has 1 aromatic rings. The molecule has 0 unspecified atom stereocenters. The molecular formula is C15H21N3O2. The summed E-state index contributed by atoms with van der Waals surface area (Å²) in [4.78, 5) is 13.6. The van der Waals surface area contributed by atoms with Gasteiger partial charge in [0.2, 0.25) is 5.91 Å². The summed E-state index contributed by atoms with van der Waals surface area (Å²) in [5, 5.41) is 21.0. The number of carbonyl (C=O) groups is 1. The van der Waals surface area contributed by atoms with Gasteiger partial charge in [-0.25, -0.2) is 0 Å². The molecule has 108 valence electrons. The number of benzene rings is 1. The molecule has 0 aromatic heterocycles. The van der Waals surface area contributed by atoms with Gasteiger partial charge in [-0.2, -0.15) is 5.26 Å². The first kappa shape index (κ1) is 16.2. The molecule has 20 heavy (non-hydrogen) atoms. The third kappa shape index (κ3) is 6.32. The van der Waals surface area contributed by atoms with Gasteiger partial charge in [-0.15, -0.1) is 0 Å². The molecule has 0 bridgehead atoms. The number of amides is 1. The highest BCUT2D eigenvalue weighted by molar-refractivity contribution is 5.92. The van der Waals surface area contributed by atoms with Crippen LogP contribution in [0.2, 0.25) is 0 Å². The van der Waals surface area contributed by atoms with Gasteiger partial charge >= 0.3 is 0 Å². The second-order valence-electron chi connectivity index (χ2n) is 5.56. The number of nitrogens with one attached hydrogen (secondary N) is 1. The minimum Gasteiger partial charge on any atom is -0.389 e. The maximum atomic E-state index is 11.8. The predicted octanol–water partition coefficient (Wildman–Crippen LogP) is 1.39. The van der Waals surface area contributed by atoms with Crippen LogP contribution in [0.3, 0.4) is 0 Å². The molecule has 0 fully saturated rings. The molecule has 5 heteroatoms. The van der Waals surface area contributed by atoms with Gasteiger partial charge in [0, 0.05) is 12.2 Å². The van der Waals surface area contributed by atoms with E-state index in [9.17, 15) is 9.90 Å². The Hall–Kier alpha value is -1.90. The van der Waals surface area contributed by atoms with E-state index in [1.165, 1.54) is 0 Å². The quantitative estimate of drug-likeness (QED) is 0.822. The third-order valence-electron chi connectivity index (χ3n) is 2.59. The molecule has 0 spiro atoms. The minimum atomic E-state index is -0.825. The Kier molecular flexibility index (Phi) is 5.68. The van der Waals surface area contributed by atoms with Crippen LogP contribution in [0, 0.1) is 11.3 Å². The maximum Gasteiger partial charge on any atom is 0.238 e. The van der Waals surface area contributed by atoms with Gasteiger partial charge in [0.15, 0.2) is 0 Å². The van der Waals surface area contributed by atoms with Crippen LogP contribution in [0.5, 0.6) is 0 Å². The van der Waals surface area contributed by atoms with E-state index in [-0.39, 0.29) is 12.5 Å². The topological polar surface area (TPSA) is 76.4 Å². The van der Waals surface area contributed by atoms with Crippen molar-refractivity contribution < 1.29 is 9.90 Å². The number of hydrogen-bond acceptors (Lipinski definition) is 4. The molecule has 0 saturated carbocycles. The summed E-state index contributed by atoms with van der Waals surface area (Å²) in [5.74, 6) is -0.134. The highest BCUT2D eigenvalue weighted by atomic mass is 16.3. The van der Waals surface area contributed by atoms with Crippen molar-refractivity contribution in [3.8, 4) is 6.07 Å². The Bertz CT molecular complexity index is 483. The van der Waals surface area contributed by atoms with Crippen molar-refractivity contribution in [2.24, 2.45) is 0 Å². The monoisotopic (exact) mass is 275 g/mol. The fraction of sp³-hybridized carbons (Fsp3) is 0.467. The molecule has 0 radical (unpaired) electrons. The Balaban J connectivity index is 2.48. The van der Waals surface area contributed by atoms with Crippen LogP contribution in [-0.4, -0.2) is 41.7 Å². The number of nitrogens with zero attached hydrogens (tertiary/aromatic N) is 2. The predicted molar refractivity (Wildman–Crippen MR) is 78.2 cm³/mol. The molecule has 2 N–H and O–H groups in total. The van der Waals surface area contributed by atoms with Crippen molar-refractivity contribution in [2.75, 3.05) is 25.5 Å². The fourth-order valence-corrected chi connectivity index (χ4v) is 1.96. The van der Waals surface area contributed by atoms with E-state index >= 15 is 0 Å². The lowest BCUT2D eigenvalue weighted by atomic mass is 10.1. The summed E-state index contributed by atoms with van der Waals surface area (Å²) < 4.78 is 0. The van der Waals surface area contributed by atoms with Crippen molar-refractivity contribution in [2.45, 2.75) is 25.9 Å². The second-order valence-corrected chi connectivity index (χ2v) is 5.56. The Morgan fingerprint density at radius 3 is 2.50 bits per heavy atom. The molecule has 0 heterocycles. The van der Waals surface area contributed by atoms with E-state index in [1.807, 2.05) is 12.1 Å². The smallest absolute Gasteiger partial charge is 0.238 e. The van der Waals surface area contributed by atoms with Gasteiger partial charge < -0.3 is 10.4 Å². The van der Waals surface area contributed by atoms with Crippen molar-refractivity contribution in [1.82, 2.24) is 4.90 Å². The second kappa shape index (κ2) is 7.04. The summed E-state index contributed by atoms with van der Waals surface area (Å²) >= 11 is 0. The summed E-state index contributed by atoms with van der Waals surface area (Å²) in [6.45, 7) is 4.04. The van der Waals surface area contributed by atoms with E-state index in [4.69, 9.17) is 5.26 Å². The van der Waals surface area contributed by atoms with E-state index in [1.54, 1.807) is 37.9 Å². The van der Waals surface area contributed by atoms with E-state index in [0.717, 1.165) is 5.56 Å². The van der Waals surface area contributed by atoms with Gasteiger partial charge in [0.25, 0.3) is 0 Å². The lowest BCUT2D eigenvalue weighted by molar-refractivity contribution is -0.117. The largest absolute Gasteiger partial charge is 0.389 e. The Labute approximate surface area is 119 Å². The van der Waals surface area contributed by atoms with Crippen molar-refractivity contribution in [3.63, 3.8) is 0 Å². The molecule has 0 atom stereocenters. The first-order valence-electron chi connectivity index (χ1n) is 6.47. The number of anilines is 1. The first-order valence-corrected chi connectivity index (χ1v) is 6.47. The van der Waals surface area contributed by atoms with Gasteiger partial charge in [0.05, 0.1) is 24.6 Å². The van der Waals surface area contributed by atoms with Crippen molar-refractivity contribution in [3.05, 3.63) is 29.8 Å². The fourth-order valence-electron chi connectivity index (χ4n) is 1.96. The van der Waals surface area contributed by atoms with Gasteiger partial charge in [0.1, 0.15) is 0 Å². The summed E-state index contributed by atoms with van der Waals surface area (Å²) in [5.41, 5.74) is 0.798. The molecule has 0 aliphatic rings. The zero-order chi connectivity index (χ0) is 15.2. The average Bonchev–Trinajstić information content (AvgIpc) is 2.29. The van der Waals surface area contributed by atoms with E-state index in [0.29, 0.717) is 18.7 Å². The van der Waals surface area contributed by atoms with Crippen LogP contribution in [-0.2, 0) is 11.2 Å². The summed E-state index contributed by atoms with van der Waals surface area (Å²) in [7, 11) is 1.79. The highest BCUT2D eigenvalue weighted by Gasteiger charge is 2.17. The third-order valence-corrected chi connectivity index (χ3v) is 2.59. The highest BCUT2D eigenvalue weighted by Crippen LogP contribution is 2.10. The summed E-state index contributed by atoms with van der Waals surface area (Å²) in [6.07, 6.45) is 0.364. The zero-order valence-corrected chi connectivity index (χ0v) is 12.2. The van der Waals surface area contributed by atoms with Crippen molar-refractivity contribution in [1.29, 1.82) is 5.26 Å². The van der Waals surface area contributed by atoms with Crippen LogP contribution >= 0.6 is 0 Å². The lowest BCUT2D eigenvalue weighted by Gasteiger charge is -2.24. The average molecular weight is 275 g/mol. The van der Waals surface area contributed by atoms with Crippen LogP contribution in [0.15, 0.2) is 24.3 Å². The molecule has 0 saturated heterocycles. The number of aliphatic hydroxyl groups is 1. The van der Waals surface area contributed by atoms with Gasteiger partial charge in [-0.1, -0.05) is 12.1 Å². The number of nitriles is 1. The first-order chi connectivity index (χ1) is 9.30. The number of hydrogen-bond donors (Lipinski definition) is 2. The molecule has 0 aliphatic carbocycles. The molecule has 1 aromatic carbocycles. The normalized spacial score (nSPS) is 11.2. The SMILES string of the molecule is CN(CC(=O)Nc1ccc(CC#N)cc1)CC(C)(C)O. The standard InChI is InChI=1S/C15H21N3O2/c1-15(2,20)11-18(3)10-14(19)17-13-6-4-12(5-7-13)8-9-16/h4-7,20H,8,10-11H2,1-3H3,(H,17,19). The molecule has 0 aliphatic heterocycles. The van der Waals surface area contributed by atoms with Gasteiger partial charge in [-0.05, 0) is 38.6 Å². The molecule has 1 rings (SSSR count). The van der Waals surface area contributed by atoms with Gasteiger partial charge in [-0.3, -0.25) is 9.69 Å². The Morgan fingerprint density at radius 1 is 1.40 bits per heavy atom. The molecular weight excluding hydrogens is 254 g/mol. The van der Waals surface area contributed by atoms with E-state index in [2.05, 4.69) is 11.4 Å². The van der Waals surface area contributed by atoms with Crippen LogP contribution in [0.4, 0.5) is 5.69 Å². The maximum absolute atomic E-state index is 11.8.